The monoisotopic (exact) mass is 221 g/mol. The first-order valence-corrected chi connectivity index (χ1v) is 5.69. The van der Waals surface area contributed by atoms with Crippen molar-refractivity contribution in [3.8, 4) is 5.75 Å². The van der Waals surface area contributed by atoms with Gasteiger partial charge >= 0.3 is 0 Å². The molecule has 88 valence electrons. The summed E-state index contributed by atoms with van der Waals surface area (Å²) in [5, 5.41) is 2.89. The number of hydrogen-bond acceptors (Lipinski definition) is 2. The number of ether oxygens (including phenoxy) is 1. The zero-order chi connectivity index (χ0) is 11.8. The van der Waals surface area contributed by atoms with Crippen molar-refractivity contribution in [2.75, 3.05) is 6.61 Å². The van der Waals surface area contributed by atoms with Gasteiger partial charge in [0.2, 0.25) is 0 Å². The molecular formula is C13H19NO2. The largest absolute Gasteiger partial charge is 0.484 e. The van der Waals surface area contributed by atoms with Gasteiger partial charge in [0.25, 0.3) is 5.91 Å². The molecule has 0 spiro atoms. The molecule has 1 rings (SSSR count). The van der Waals surface area contributed by atoms with Crippen molar-refractivity contribution in [1.82, 2.24) is 5.32 Å². The Labute approximate surface area is 96.8 Å². The zero-order valence-electron chi connectivity index (χ0n) is 9.90. The SMILES string of the molecule is CCCC(C)NC(=O)COc1ccccc1. The number of rotatable bonds is 6. The van der Waals surface area contributed by atoms with E-state index in [1.54, 1.807) is 0 Å². The quantitative estimate of drug-likeness (QED) is 0.801. The minimum atomic E-state index is -0.0650. The predicted molar refractivity (Wildman–Crippen MR) is 64.4 cm³/mol. The second-order valence-electron chi connectivity index (χ2n) is 3.86. The Kier molecular flexibility index (Phi) is 5.40. The predicted octanol–water partition coefficient (Wildman–Crippen LogP) is 2.37. The molecule has 0 heterocycles. The van der Waals surface area contributed by atoms with Gasteiger partial charge in [-0.05, 0) is 25.5 Å². The maximum absolute atomic E-state index is 11.5. The highest BCUT2D eigenvalue weighted by Gasteiger charge is 2.06. The summed E-state index contributed by atoms with van der Waals surface area (Å²) >= 11 is 0. The fourth-order valence-electron chi connectivity index (χ4n) is 1.49. The van der Waals surface area contributed by atoms with Crippen molar-refractivity contribution in [1.29, 1.82) is 0 Å². The lowest BCUT2D eigenvalue weighted by molar-refractivity contribution is -0.123. The van der Waals surface area contributed by atoms with Gasteiger partial charge < -0.3 is 10.1 Å². The van der Waals surface area contributed by atoms with Gasteiger partial charge in [-0.2, -0.15) is 0 Å². The van der Waals surface area contributed by atoms with Gasteiger partial charge in [0.15, 0.2) is 6.61 Å². The fraction of sp³-hybridized carbons (Fsp3) is 0.462. The third-order valence-corrected chi connectivity index (χ3v) is 2.24. The van der Waals surface area contributed by atoms with E-state index in [2.05, 4.69) is 12.2 Å². The Hall–Kier alpha value is -1.51. The number of benzene rings is 1. The van der Waals surface area contributed by atoms with Crippen LogP contribution in [0.25, 0.3) is 0 Å². The van der Waals surface area contributed by atoms with E-state index < -0.39 is 0 Å². The smallest absolute Gasteiger partial charge is 0.258 e. The second kappa shape index (κ2) is 6.88. The molecule has 0 bridgehead atoms. The summed E-state index contributed by atoms with van der Waals surface area (Å²) in [6.45, 7) is 4.19. The molecule has 1 unspecified atom stereocenters. The van der Waals surface area contributed by atoms with Crippen molar-refractivity contribution in [3.63, 3.8) is 0 Å². The lowest BCUT2D eigenvalue weighted by Crippen LogP contribution is -2.35. The van der Waals surface area contributed by atoms with E-state index in [4.69, 9.17) is 4.74 Å². The summed E-state index contributed by atoms with van der Waals surface area (Å²) in [6.07, 6.45) is 2.07. The molecule has 16 heavy (non-hydrogen) atoms. The Bertz CT molecular complexity index is 311. The highest BCUT2D eigenvalue weighted by molar-refractivity contribution is 5.77. The number of hydrogen-bond donors (Lipinski definition) is 1. The first-order valence-electron chi connectivity index (χ1n) is 5.69. The van der Waals surface area contributed by atoms with Crippen molar-refractivity contribution in [2.45, 2.75) is 32.7 Å². The molecule has 1 amide bonds. The molecule has 0 fully saturated rings. The van der Waals surface area contributed by atoms with Gasteiger partial charge in [0.05, 0.1) is 0 Å². The highest BCUT2D eigenvalue weighted by Crippen LogP contribution is 2.07. The minimum absolute atomic E-state index is 0.0650. The molecule has 1 aromatic rings. The van der Waals surface area contributed by atoms with Crippen molar-refractivity contribution in [2.24, 2.45) is 0 Å². The molecule has 0 aliphatic rings. The summed E-state index contributed by atoms with van der Waals surface area (Å²) < 4.78 is 5.33. The van der Waals surface area contributed by atoms with E-state index in [-0.39, 0.29) is 18.6 Å². The molecule has 1 atom stereocenters. The minimum Gasteiger partial charge on any atom is -0.484 e. The van der Waals surface area contributed by atoms with Crippen LogP contribution in [0.15, 0.2) is 30.3 Å². The van der Waals surface area contributed by atoms with Gasteiger partial charge in [-0.3, -0.25) is 4.79 Å². The Morgan fingerprint density at radius 3 is 2.69 bits per heavy atom. The van der Waals surface area contributed by atoms with Gasteiger partial charge in [0, 0.05) is 6.04 Å². The van der Waals surface area contributed by atoms with Crippen molar-refractivity contribution >= 4 is 5.91 Å². The molecule has 1 aromatic carbocycles. The Morgan fingerprint density at radius 1 is 1.38 bits per heavy atom. The number of nitrogens with one attached hydrogen (secondary N) is 1. The van der Waals surface area contributed by atoms with Gasteiger partial charge in [-0.1, -0.05) is 31.5 Å². The van der Waals surface area contributed by atoms with Crippen LogP contribution in [0.1, 0.15) is 26.7 Å². The topological polar surface area (TPSA) is 38.3 Å². The second-order valence-corrected chi connectivity index (χ2v) is 3.86. The number of para-hydroxylation sites is 1. The maximum Gasteiger partial charge on any atom is 0.258 e. The highest BCUT2D eigenvalue weighted by atomic mass is 16.5. The van der Waals surface area contributed by atoms with Crippen LogP contribution in [-0.2, 0) is 4.79 Å². The van der Waals surface area contributed by atoms with Gasteiger partial charge in [-0.25, -0.2) is 0 Å². The summed E-state index contributed by atoms with van der Waals surface area (Å²) in [5.41, 5.74) is 0. The molecular weight excluding hydrogens is 202 g/mol. The van der Waals surface area contributed by atoms with Crippen LogP contribution in [-0.4, -0.2) is 18.6 Å². The van der Waals surface area contributed by atoms with E-state index in [1.807, 2.05) is 37.3 Å². The van der Waals surface area contributed by atoms with Crippen LogP contribution in [0, 0.1) is 0 Å². The summed E-state index contributed by atoms with van der Waals surface area (Å²) in [7, 11) is 0. The van der Waals surface area contributed by atoms with E-state index >= 15 is 0 Å². The zero-order valence-corrected chi connectivity index (χ0v) is 9.90. The Morgan fingerprint density at radius 2 is 2.06 bits per heavy atom. The number of carbonyl (C=O) groups excluding carboxylic acids is 1. The molecule has 0 aliphatic carbocycles. The van der Waals surface area contributed by atoms with Crippen LogP contribution in [0.2, 0.25) is 0 Å². The molecule has 0 saturated carbocycles. The number of amides is 1. The third kappa shape index (κ3) is 4.82. The summed E-state index contributed by atoms with van der Waals surface area (Å²) in [6, 6.07) is 9.57. The first kappa shape index (κ1) is 12.6. The van der Waals surface area contributed by atoms with E-state index in [0.29, 0.717) is 0 Å². The van der Waals surface area contributed by atoms with Crippen LogP contribution in [0.4, 0.5) is 0 Å². The van der Waals surface area contributed by atoms with Gasteiger partial charge in [-0.15, -0.1) is 0 Å². The van der Waals surface area contributed by atoms with Crippen molar-refractivity contribution in [3.05, 3.63) is 30.3 Å². The van der Waals surface area contributed by atoms with Gasteiger partial charge in [0.1, 0.15) is 5.75 Å². The summed E-state index contributed by atoms with van der Waals surface area (Å²) in [5.74, 6) is 0.658. The standard InChI is InChI=1S/C13H19NO2/c1-3-7-11(2)14-13(15)10-16-12-8-5-4-6-9-12/h4-6,8-9,11H,3,7,10H2,1-2H3,(H,14,15). The Balaban J connectivity index is 2.25. The number of carbonyl (C=O) groups is 1. The van der Waals surface area contributed by atoms with Crippen LogP contribution < -0.4 is 10.1 Å². The molecule has 3 nitrogen and oxygen atoms in total. The van der Waals surface area contributed by atoms with Crippen LogP contribution in [0.3, 0.4) is 0 Å². The van der Waals surface area contributed by atoms with Crippen molar-refractivity contribution < 1.29 is 9.53 Å². The third-order valence-electron chi connectivity index (χ3n) is 2.24. The van der Waals surface area contributed by atoms with Crippen LogP contribution in [0.5, 0.6) is 5.75 Å². The molecule has 0 aliphatic heterocycles. The lowest BCUT2D eigenvalue weighted by Gasteiger charge is -2.13. The molecule has 0 saturated heterocycles. The average Bonchev–Trinajstić information content (AvgIpc) is 2.28. The fourth-order valence-corrected chi connectivity index (χ4v) is 1.49. The molecule has 0 radical (unpaired) electrons. The summed E-state index contributed by atoms with van der Waals surface area (Å²) in [4.78, 5) is 11.5. The normalized spacial score (nSPS) is 11.9. The van der Waals surface area contributed by atoms with E-state index in [1.165, 1.54) is 0 Å². The van der Waals surface area contributed by atoms with Crippen LogP contribution >= 0.6 is 0 Å². The first-order chi connectivity index (χ1) is 7.72. The molecule has 3 heteroatoms. The van der Waals surface area contributed by atoms with E-state index in [9.17, 15) is 4.79 Å². The average molecular weight is 221 g/mol. The maximum atomic E-state index is 11.5. The molecule has 1 N–H and O–H groups in total. The molecule has 0 aromatic heterocycles. The van der Waals surface area contributed by atoms with E-state index in [0.717, 1.165) is 18.6 Å². The lowest BCUT2D eigenvalue weighted by atomic mass is 10.2.